The summed E-state index contributed by atoms with van der Waals surface area (Å²) in [5.74, 6) is 0.828. The summed E-state index contributed by atoms with van der Waals surface area (Å²) >= 11 is 0. The van der Waals surface area contributed by atoms with Crippen molar-refractivity contribution in [1.82, 2.24) is 19.2 Å². The van der Waals surface area contributed by atoms with E-state index in [0.717, 1.165) is 51.4 Å². The molecule has 2 aliphatic heterocycles. The molecule has 3 aromatic rings. The first-order chi connectivity index (χ1) is 17.5. The SMILES string of the molecule is O=C(Nc1cc(N2CCN(Cc3ccccc3)CC2)ncn1)c1ccc(S(=O)(=O)N2CCCC2)cc1. The van der Waals surface area contributed by atoms with Crippen LogP contribution in [-0.2, 0) is 16.6 Å². The summed E-state index contributed by atoms with van der Waals surface area (Å²) in [7, 11) is -3.51. The van der Waals surface area contributed by atoms with Gasteiger partial charge in [-0.25, -0.2) is 18.4 Å². The molecule has 2 saturated heterocycles. The highest BCUT2D eigenvalue weighted by Crippen LogP contribution is 2.22. The van der Waals surface area contributed by atoms with Crippen molar-refractivity contribution in [3.63, 3.8) is 0 Å². The van der Waals surface area contributed by atoms with Crippen LogP contribution in [0.15, 0.2) is 71.9 Å². The summed E-state index contributed by atoms with van der Waals surface area (Å²) in [6.45, 7) is 5.54. The van der Waals surface area contributed by atoms with E-state index in [1.807, 2.05) is 6.07 Å². The lowest BCUT2D eigenvalue weighted by molar-refractivity contribution is 0.102. The number of hydrogen-bond acceptors (Lipinski definition) is 7. The fourth-order valence-electron chi connectivity index (χ4n) is 4.61. The predicted octanol–water partition coefficient (Wildman–Crippen LogP) is 2.84. The van der Waals surface area contributed by atoms with Crippen LogP contribution in [0.1, 0.15) is 28.8 Å². The van der Waals surface area contributed by atoms with Crippen LogP contribution in [0.25, 0.3) is 0 Å². The van der Waals surface area contributed by atoms with Crippen molar-refractivity contribution in [2.45, 2.75) is 24.3 Å². The largest absolute Gasteiger partial charge is 0.354 e. The summed E-state index contributed by atoms with van der Waals surface area (Å²) in [6, 6.07) is 18.3. The zero-order valence-corrected chi connectivity index (χ0v) is 20.9. The van der Waals surface area contributed by atoms with Crippen molar-refractivity contribution >= 4 is 27.6 Å². The molecule has 36 heavy (non-hydrogen) atoms. The molecule has 0 aliphatic carbocycles. The van der Waals surface area contributed by atoms with E-state index in [1.165, 1.54) is 40.5 Å². The number of nitrogens with zero attached hydrogens (tertiary/aromatic N) is 5. The number of carbonyl (C=O) groups excluding carboxylic acids is 1. The van der Waals surface area contributed by atoms with Gasteiger partial charge in [0.1, 0.15) is 18.0 Å². The molecule has 5 rings (SSSR count). The first-order valence-corrected chi connectivity index (χ1v) is 13.7. The smallest absolute Gasteiger partial charge is 0.256 e. The Kier molecular flexibility index (Phi) is 7.26. The van der Waals surface area contributed by atoms with E-state index < -0.39 is 10.0 Å². The van der Waals surface area contributed by atoms with Gasteiger partial charge in [0, 0.05) is 57.4 Å². The number of rotatable bonds is 7. The van der Waals surface area contributed by atoms with Gasteiger partial charge in [0.05, 0.1) is 4.90 Å². The lowest BCUT2D eigenvalue weighted by Gasteiger charge is -2.35. The molecule has 10 heteroatoms. The molecule has 1 amide bonds. The maximum atomic E-state index is 12.8. The monoisotopic (exact) mass is 506 g/mol. The van der Waals surface area contributed by atoms with Crippen LogP contribution in [0.3, 0.4) is 0 Å². The van der Waals surface area contributed by atoms with Crippen LogP contribution >= 0.6 is 0 Å². The van der Waals surface area contributed by atoms with Crippen LogP contribution in [0, 0.1) is 0 Å². The first-order valence-electron chi connectivity index (χ1n) is 12.2. The van der Waals surface area contributed by atoms with E-state index in [0.29, 0.717) is 24.5 Å². The quantitative estimate of drug-likeness (QED) is 0.526. The van der Waals surface area contributed by atoms with Gasteiger partial charge >= 0.3 is 0 Å². The minimum Gasteiger partial charge on any atom is -0.354 e. The number of anilines is 2. The van der Waals surface area contributed by atoms with Gasteiger partial charge in [0.2, 0.25) is 10.0 Å². The van der Waals surface area contributed by atoms with Gasteiger partial charge < -0.3 is 10.2 Å². The second-order valence-electron chi connectivity index (χ2n) is 9.10. The van der Waals surface area contributed by atoms with Gasteiger partial charge in [0.15, 0.2) is 0 Å². The number of benzene rings is 2. The maximum absolute atomic E-state index is 12.8. The molecule has 0 bridgehead atoms. The molecule has 1 N–H and O–H groups in total. The summed E-state index contributed by atoms with van der Waals surface area (Å²) < 4.78 is 26.9. The van der Waals surface area contributed by atoms with E-state index in [1.54, 1.807) is 6.07 Å². The number of sulfonamides is 1. The third-order valence-electron chi connectivity index (χ3n) is 6.66. The highest BCUT2D eigenvalue weighted by Gasteiger charge is 2.27. The number of aromatic nitrogens is 2. The van der Waals surface area contributed by atoms with Crippen molar-refractivity contribution in [3.8, 4) is 0 Å². The zero-order valence-electron chi connectivity index (χ0n) is 20.1. The number of carbonyl (C=O) groups is 1. The lowest BCUT2D eigenvalue weighted by atomic mass is 10.2. The Balaban J connectivity index is 1.18. The third kappa shape index (κ3) is 5.56. The first kappa shape index (κ1) is 24.4. The van der Waals surface area contributed by atoms with Crippen molar-refractivity contribution < 1.29 is 13.2 Å². The van der Waals surface area contributed by atoms with Gasteiger partial charge in [-0.05, 0) is 42.7 Å². The summed E-state index contributed by atoms with van der Waals surface area (Å²) in [4.78, 5) is 26.2. The highest BCUT2D eigenvalue weighted by atomic mass is 32.2. The van der Waals surface area contributed by atoms with Gasteiger partial charge in [-0.15, -0.1) is 0 Å². The normalized spacial score (nSPS) is 17.3. The van der Waals surface area contributed by atoms with E-state index in [9.17, 15) is 13.2 Å². The van der Waals surface area contributed by atoms with Gasteiger partial charge in [-0.1, -0.05) is 30.3 Å². The van der Waals surface area contributed by atoms with Gasteiger partial charge in [-0.2, -0.15) is 4.31 Å². The van der Waals surface area contributed by atoms with E-state index >= 15 is 0 Å². The Morgan fingerprint density at radius 2 is 1.56 bits per heavy atom. The van der Waals surface area contributed by atoms with E-state index in [4.69, 9.17) is 0 Å². The molecule has 2 aliphatic rings. The fourth-order valence-corrected chi connectivity index (χ4v) is 6.13. The molecule has 0 unspecified atom stereocenters. The molecule has 188 valence electrons. The van der Waals surface area contributed by atoms with Gasteiger partial charge in [0.25, 0.3) is 5.91 Å². The molecule has 0 radical (unpaired) electrons. The Bertz CT molecular complexity index is 1290. The number of nitrogens with one attached hydrogen (secondary N) is 1. The molecule has 2 aromatic carbocycles. The predicted molar refractivity (Wildman–Crippen MR) is 138 cm³/mol. The van der Waals surface area contributed by atoms with E-state index in [-0.39, 0.29) is 10.8 Å². The number of hydrogen-bond donors (Lipinski definition) is 1. The Labute approximate surface area is 211 Å². The molecule has 0 saturated carbocycles. The van der Waals surface area contributed by atoms with Crippen LogP contribution in [0.2, 0.25) is 0 Å². The molecule has 0 atom stereocenters. The average Bonchev–Trinajstić information content (AvgIpc) is 3.46. The van der Waals surface area contributed by atoms with Crippen LogP contribution in [0.5, 0.6) is 0 Å². The molecular weight excluding hydrogens is 476 g/mol. The molecule has 9 nitrogen and oxygen atoms in total. The lowest BCUT2D eigenvalue weighted by Crippen LogP contribution is -2.46. The van der Waals surface area contributed by atoms with Crippen molar-refractivity contribution in [1.29, 1.82) is 0 Å². The zero-order chi connectivity index (χ0) is 25.0. The average molecular weight is 507 g/mol. The molecule has 2 fully saturated rings. The summed E-state index contributed by atoms with van der Waals surface area (Å²) in [5.41, 5.74) is 1.67. The van der Waals surface area contributed by atoms with Crippen LogP contribution < -0.4 is 10.2 Å². The standard InChI is InChI=1S/C26H30N6O3S/c33-26(22-8-10-23(11-9-22)36(34,35)32-12-4-5-13-32)29-24-18-25(28-20-27-24)31-16-14-30(15-17-31)19-21-6-2-1-3-7-21/h1-3,6-11,18,20H,4-5,12-17,19H2,(H,27,28,29,33). The second-order valence-corrected chi connectivity index (χ2v) is 11.0. The third-order valence-corrected chi connectivity index (χ3v) is 8.57. The number of piperazine rings is 1. The van der Waals surface area contributed by atoms with Crippen molar-refractivity contribution in [3.05, 3.63) is 78.1 Å². The van der Waals surface area contributed by atoms with Crippen molar-refractivity contribution in [2.24, 2.45) is 0 Å². The number of amides is 1. The maximum Gasteiger partial charge on any atom is 0.256 e. The van der Waals surface area contributed by atoms with Crippen LogP contribution in [-0.4, -0.2) is 72.8 Å². The molecule has 0 spiro atoms. The Morgan fingerprint density at radius 3 is 2.25 bits per heavy atom. The fraction of sp³-hybridized carbons (Fsp3) is 0.346. The van der Waals surface area contributed by atoms with Crippen molar-refractivity contribution in [2.75, 3.05) is 49.5 Å². The second kappa shape index (κ2) is 10.7. The van der Waals surface area contributed by atoms with Gasteiger partial charge in [-0.3, -0.25) is 9.69 Å². The molecular formula is C26H30N6O3S. The van der Waals surface area contributed by atoms with E-state index in [2.05, 4.69) is 49.4 Å². The molecule has 3 heterocycles. The highest BCUT2D eigenvalue weighted by molar-refractivity contribution is 7.89. The Hall–Kier alpha value is -3.34. The Morgan fingerprint density at radius 1 is 0.861 bits per heavy atom. The minimum atomic E-state index is -3.51. The topological polar surface area (TPSA) is 98.7 Å². The molecule has 1 aromatic heterocycles. The summed E-state index contributed by atoms with van der Waals surface area (Å²) in [5, 5.41) is 2.81. The summed E-state index contributed by atoms with van der Waals surface area (Å²) in [6.07, 6.45) is 3.21. The van der Waals surface area contributed by atoms with Crippen LogP contribution in [0.4, 0.5) is 11.6 Å². The minimum absolute atomic E-state index is 0.205.